The number of allylic oxidation sites excluding steroid dienone is 2. The molecule has 11 aliphatic rings. The molecule has 2 atom stereocenters. The largest absolute Gasteiger partial charge is 0.450 e. The van der Waals surface area contributed by atoms with Gasteiger partial charge in [0.05, 0.1) is 86.1 Å². The molecule has 35 heteroatoms. The van der Waals surface area contributed by atoms with Crippen molar-refractivity contribution in [3.05, 3.63) is 109 Å². The summed E-state index contributed by atoms with van der Waals surface area (Å²) in [6, 6.07) is 34.2. The first-order chi connectivity index (χ1) is 62.0. The van der Waals surface area contributed by atoms with Crippen LogP contribution in [0.2, 0.25) is 0 Å². The molecule has 674 valence electrons. The number of nitrogens with one attached hydrogen (secondary N) is 16. The SMILES string of the molecule is C1=CC(CCNc2nc(Nc3ccc(N4CCOCC4)cc3)nc3c2NCN3)CCC1.CC(C)CCCC(C)Nc1nc(Nc2ccc(N3CCOCC3)cc2)nc2c1NCN2.CCOC(=O)N1CCC(Nc2nc(Nc3ccc(N4CCOCC4)cc3)nc3c2NCN3)CC1.c1cc(N2CCOCC2)ccc1Nc1nc2c(c(NCC3CCCCC3)n1)NCN2. The predicted octanol–water partition coefficient (Wildman–Crippen LogP) is 15.2. The van der Waals surface area contributed by atoms with Crippen molar-refractivity contribution in [3.63, 3.8) is 0 Å². The lowest BCUT2D eigenvalue weighted by atomic mass is 9.89. The summed E-state index contributed by atoms with van der Waals surface area (Å²) >= 11 is 0. The van der Waals surface area contributed by atoms with Gasteiger partial charge in [-0.25, -0.2) is 4.79 Å². The smallest absolute Gasteiger partial charge is 0.409 e. The maximum Gasteiger partial charge on any atom is 0.409 e. The van der Waals surface area contributed by atoms with Crippen molar-refractivity contribution in [2.75, 3.05) is 269 Å². The van der Waals surface area contributed by atoms with Crippen LogP contribution in [0.15, 0.2) is 109 Å². The predicted molar refractivity (Wildman–Crippen MR) is 509 cm³/mol. The number of hydrogen-bond donors (Lipinski definition) is 16. The van der Waals surface area contributed by atoms with E-state index < -0.39 is 0 Å². The summed E-state index contributed by atoms with van der Waals surface area (Å²) in [6.07, 6.45) is 21.3. The minimum Gasteiger partial charge on any atom is -0.450 e. The number of benzene rings is 4. The monoisotopic (exact) mass is 1720 g/mol. The molecule has 2 unspecified atom stereocenters. The van der Waals surface area contributed by atoms with Crippen LogP contribution in [0, 0.1) is 17.8 Å². The van der Waals surface area contributed by atoms with Gasteiger partial charge in [0.15, 0.2) is 46.5 Å². The highest BCUT2D eigenvalue weighted by atomic mass is 16.6. The van der Waals surface area contributed by atoms with Gasteiger partial charge in [-0.3, -0.25) is 0 Å². The molecule has 35 nitrogen and oxygen atoms in total. The van der Waals surface area contributed by atoms with Crippen LogP contribution in [-0.2, 0) is 23.7 Å². The highest BCUT2D eigenvalue weighted by Crippen LogP contribution is 2.40. The zero-order chi connectivity index (χ0) is 86.0. The first-order valence-corrected chi connectivity index (χ1v) is 46.0. The maximum absolute atomic E-state index is 12.0. The van der Waals surface area contributed by atoms with E-state index in [9.17, 15) is 4.79 Å². The van der Waals surface area contributed by atoms with Crippen LogP contribution >= 0.6 is 0 Å². The van der Waals surface area contributed by atoms with E-state index in [1.54, 1.807) is 4.90 Å². The van der Waals surface area contributed by atoms with Gasteiger partial charge in [0.1, 0.15) is 22.7 Å². The number of piperidine rings is 1. The van der Waals surface area contributed by atoms with Gasteiger partial charge < -0.3 is 133 Å². The van der Waals surface area contributed by atoms with E-state index in [1.807, 2.05) is 19.1 Å². The lowest BCUT2D eigenvalue weighted by Gasteiger charge is -2.32. The third-order valence-corrected chi connectivity index (χ3v) is 24.3. The van der Waals surface area contributed by atoms with E-state index in [1.165, 1.54) is 87.0 Å². The van der Waals surface area contributed by atoms with E-state index in [0.717, 1.165) is 248 Å². The zero-order valence-corrected chi connectivity index (χ0v) is 73.6. The quantitative estimate of drug-likeness (QED) is 0.0203. The number of amides is 1. The highest BCUT2D eigenvalue weighted by Gasteiger charge is 2.30. The molecule has 8 aromatic rings. The fourth-order valence-electron chi connectivity index (χ4n) is 17.3. The topological polar surface area (TPSA) is 375 Å². The second kappa shape index (κ2) is 44.3. The number of likely N-dealkylation sites (tertiary alicyclic amines) is 1. The lowest BCUT2D eigenvalue weighted by molar-refractivity contribution is 0.0983. The van der Waals surface area contributed by atoms with Crippen molar-refractivity contribution >= 4 is 145 Å². The fraction of sp³-hybridized carbons (Fsp3) is 0.527. The van der Waals surface area contributed by atoms with Gasteiger partial charge in [0.2, 0.25) is 23.8 Å². The molecule has 4 aromatic carbocycles. The van der Waals surface area contributed by atoms with Gasteiger partial charge in [-0.15, -0.1) is 0 Å². The molecular weight excluding hydrogens is 1600 g/mol. The molecule has 0 spiro atoms. The van der Waals surface area contributed by atoms with E-state index >= 15 is 0 Å². The van der Waals surface area contributed by atoms with Gasteiger partial charge in [-0.05, 0) is 186 Å². The third kappa shape index (κ3) is 24.4. The number of carbonyl (C=O) groups excluding carboxylic acids is 1. The Kier molecular flexibility index (Phi) is 30.8. The number of morpholine rings is 4. The Balaban J connectivity index is 0.000000124. The van der Waals surface area contributed by atoms with Crippen LogP contribution in [0.25, 0.3) is 0 Å². The number of aromatic nitrogens is 8. The molecule has 19 rings (SSSR count). The molecule has 4 aromatic heterocycles. The average Bonchev–Trinajstić information content (AvgIpc) is 1.64. The summed E-state index contributed by atoms with van der Waals surface area (Å²) < 4.78 is 26.9. The molecule has 1 amide bonds. The highest BCUT2D eigenvalue weighted by molar-refractivity contribution is 5.86. The van der Waals surface area contributed by atoms with Gasteiger partial charge in [-0.2, -0.15) is 39.9 Å². The molecule has 9 aliphatic heterocycles. The van der Waals surface area contributed by atoms with Crippen molar-refractivity contribution in [3.8, 4) is 0 Å². The number of hydrogen-bond acceptors (Lipinski definition) is 34. The number of anilines is 24. The van der Waals surface area contributed by atoms with E-state index in [4.69, 9.17) is 43.6 Å². The Morgan fingerprint density at radius 2 is 0.825 bits per heavy atom. The molecule has 0 radical (unpaired) electrons. The molecule has 1 saturated carbocycles. The van der Waals surface area contributed by atoms with Crippen LogP contribution < -0.4 is 105 Å². The Morgan fingerprint density at radius 1 is 0.437 bits per heavy atom. The molecule has 0 bridgehead atoms. The number of rotatable bonds is 28. The van der Waals surface area contributed by atoms with Crippen molar-refractivity contribution in [2.24, 2.45) is 17.8 Å². The van der Waals surface area contributed by atoms with Crippen molar-refractivity contribution in [1.82, 2.24) is 44.8 Å². The Hall–Kier alpha value is -12.0. The van der Waals surface area contributed by atoms with Crippen LogP contribution in [0.1, 0.15) is 118 Å². The number of nitrogens with zero attached hydrogens (tertiary/aromatic N) is 13. The molecule has 6 fully saturated rings. The van der Waals surface area contributed by atoms with Gasteiger partial charge in [-0.1, -0.05) is 58.1 Å². The summed E-state index contributed by atoms with van der Waals surface area (Å²) in [5, 5.41) is 54.1. The summed E-state index contributed by atoms with van der Waals surface area (Å²) in [6.45, 7) is 28.5. The van der Waals surface area contributed by atoms with E-state index in [-0.39, 0.29) is 12.1 Å². The van der Waals surface area contributed by atoms with Crippen LogP contribution in [0.5, 0.6) is 0 Å². The summed E-state index contributed by atoms with van der Waals surface area (Å²) in [4.78, 5) is 60.7. The molecular formula is C91H129N29O6. The Labute approximate surface area is 740 Å². The Morgan fingerprint density at radius 3 is 1.22 bits per heavy atom. The zero-order valence-electron chi connectivity index (χ0n) is 73.6. The van der Waals surface area contributed by atoms with Crippen LogP contribution in [0.3, 0.4) is 0 Å². The second-order valence-electron chi connectivity index (χ2n) is 33.9. The van der Waals surface area contributed by atoms with Crippen molar-refractivity contribution in [2.45, 2.75) is 130 Å². The van der Waals surface area contributed by atoms with Gasteiger partial charge in [0.25, 0.3) is 0 Å². The second-order valence-corrected chi connectivity index (χ2v) is 33.9. The third-order valence-electron chi connectivity index (χ3n) is 24.3. The minimum absolute atomic E-state index is 0.215. The molecule has 5 saturated heterocycles. The Bertz CT molecular complexity index is 4790. The standard InChI is InChI=1S/C23H32N8O3.C23H31N7O.C23H35N7O.C22H31N7O/c1-2-34-23(32)31-9-7-17(8-10-31)26-21-19-20(25-15-24-19)28-22(29-21)27-16-3-5-18(6-4-16)30-11-13-33-14-12-30;1-2-4-17(5-3-1)10-11-24-21-20-22(26-16-25-20)29-23(28-21)27-18-6-8-19(9-7-18)30-12-14-31-15-13-30;1-16(2)5-4-6-17(3)26-22-20-21(25-15-24-20)28-23(29-22)27-18-7-9-19(10-8-18)30-11-13-31-14-12-30;1-2-4-16(5-3-1)14-23-20-19-21(25-15-24-19)28-22(27-20)26-17-6-8-18(9-7-17)29-10-12-30-13-11-29/h3-6,17,24H,2,7-15H2,1H3,(H3,25,26,27,28,29);2,4,6-9,17,25H,1,3,5,10-16H2,(H3,24,26,27,28,29);7-10,16-17,24H,4-6,11-15H2,1-3H3,(H3,25,26,27,28,29);6-9,16,24H,1-5,10-15H2,(H3,23,25,26,27,28). The first kappa shape index (κ1) is 87.5. The maximum atomic E-state index is 12.0. The molecule has 126 heavy (non-hydrogen) atoms. The average molecular weight is 1730 g/mol. The van der Waals surface area contributed by atoms with E-state index in [0.29, 0.717) is 82.1 Å². The number of fused-ring (bicyclic) bond motifs is 4. The normalized spacial score (nSPS) is 18.4. The molecule has 13 heterocycles. The molecule has 2 aliphatic carbocycles. The summed E-state index contributed by atoms with van der Waals surface area (Å²) in [5.41, 5.74) is 12.4. The minimum atomic E-state index is -0.235. The number of ether oxygens (including phenoxy) is 5. The summed E-state index contributed by atoms with van der Waals surface area (Å²) in [5.74, 6) is 11.1. The van der Waals surface area contributed by atoms with E-state index in [2.05, 4.69) is 242 Å². The van der Waals surface area contributed by atoms with Crippen LogP contribution in [-0.4, -0.2) is 228 Å². The first-order valence-electron chi connectivity index (χ1n) is 46.0. The molecule has 16 N–H and O–H groups in total. The lowest BCUT2D eigenvalue weighted by Crippen LogP contribution is -2.42. The van der Waals surface area contributed by atoms with Crippen molar-refractivity contribution in [1.29, 1.82) is 0 Å². The van der Waals surface area contributed by atoms with Crippen LogP contribution in [0.4, 0.5) is 143 Å². The summed E-state index contributed by atoms with van der Waals surface area (Å²) in [7, 11) is 0. The fourth-order valence-corrected chi connectivity index (χ4v) is 17.3. The van der Waals surface area contributed by atoms with Crippen molar-refractivity contribution < 1.29 is 28.5 Å². The number of carbonyl (C=O) groups is 1. The van der Waals surface area contributed by atoms with Gasteiger partial charge >= 0.3 is 6.09 Å². The van der Waals surface area contributed by atoms with Gasteiger partial charge in [0, 0.05) is 136 Å².